The minimum Gasteiger partial charge on any atom is -0.495 e. The van der Waals surface area contributed by atoms with E-state index in [4.69, 9.17) is 26.8 Å². The van der Waals surface area contributed by atoms with E-state index < -0.39 is 18.5 Å². The summed E-state index contributed by atoms with van der Waals surface area (Å²) >= 11 is 5.86. The van der Waals surface area contributed by atoms with Crippen molar-refractivity contribution in [3.8, 4) is 5.75 Å². The zero-order valence-electron chi connectivity index (χ0n) is 14.7. The Kier molecular flexibility index (Phi) is 6.62. The van der Waals surface area contributed by atoms with Crippen molar-refractivity contribution < 1.29 is 23.9 Å². The quantitative estimate of drug-likeness (QED) is 0.514. The number of halogens is 1. The minimum atomic E-state index is -0.774. The van der Waals surface area contributed by atoms with E-state index in [-0.39, 0.29) is 22.2 Å². The van der Waals surface area contributed by atoms with E-state index in [1.807, 2.05) is 0 Å². The highest BCUT2D eigenvalue weighted by Crippen LogP contribution is 2.28. The average molecular weight is 392 g/mol. The molecule has 0 radical (unpaired) electrons. The van der Waals surface area contributed by atoms with Gasteiger partial charge in [0.15, 0.2) is 6.61 Å². The third kappa shape index (κ3) is 5.35. The van der Waals surface area contributed by atoms with Crippen LogP contribution in [0.1, 0.15) is 17.3 Å². The van der Waals surface area contributed by atoms with Gasteiger partial charge in [0.05, 0.1) is 29.1 Å². The van der Waals surface area contributed by atoms with Gasteiger partial charge in [-0.15, -0.1) is 0 Å². The fourth-order valence-electron chi connectivity index (χ4n) is 2.20. The average Bonchev–Trinajstić information content (AvgIpc) is 2.62. The Balaban J connectivity index is 2.04. The number of nitrogens with one attached hydrogen (secondary N) is 2. The predicted molar refractivity (Wildman–Crippen MR) is 102 cm³/mol. The molecule has 2 rings (SSSR count). The molecule has 0 spiro atoms. The zero-order chi connectivity index (χ0) is 20.0. The Morgan fingerprint density at radius 3 is 2.56 bits per heavy atom. The molecule has 0 saturated carbocycles. The number of carbonyl (C=O) groups excluding carboxylic acids is 3. The first-order chi connectivity index (χ1) is 12.8. The van der Waals surface area contributed by atoms with Crippen LogP contribution in [0.4, 0.5) is 17.1 Å². The lowest BCUT2D eigenvalue weighted by Crippen LogP contribution is -2.21. The molecule has 0 fully saturated rings. The van der Waals surface area contributed by atoms with Gasteiger partial charge in [-0.1, -0.05) is 17.7 Å². The lowest BCUT2D eigenvalue weighted by molar-refractivity contribution is -0.119. The first-order valence-corrected chi connectivity index (χ1v) is 8.16. The van der Waals surface area contributed by atoms with Crippen molar-refractivity contribution in [2.45, 2.75) is 6.92 Å². The number of carbonyl (C=O) groups is 3. The first kappa shape index (κ1) is 20.1. The molecule has 0 bridgehead atoms. The highest BCUT2D eigenvalue weighted by molar-refractivity contribution is 6.33. The maximum atomic E-state index is 12.1. The number of amides is 2. The van der Waals surface area contributed by atoms with Gasteiger partial charge < -0.3 is 25.8 Å². The van der Waals surface area contributed by atoms with Crippen molar-refractivity contribution in [3.63, 3.8) is 0 Å². The molecule has 0 aromatic heterocycles. The summed E-state index contributed by atoms with van der Waals surface area (Å²) in [4.78, 5) is 35.3. The number of benzene rings is 2. The Bertz CT molecular complexity index is 885. The van der Waals surface area contributed by atoms with Gasteiger partial charge in [0.1, 0.15) is 5.75 Å². The standard InChI is InChI=1S/C18H18ClN3O5/c1-10(23)21-11-6-7-15(26-2)14(8-11)22-16(24)9-27-18(25)12-4-3-5-13(19)17(12)20/h3-8H,9,20H2,1-2H3,(H,21,23)(H,22,24). The molecule has 0 unspecified atom stereocenters. The van der Waals surface area contributed by atoms with E-state index in [0.29, 0.717) is 17.1 Å². The molecule has 2 aromatic rings. The van der Waals surface area contributed by atoms with Crippen LogP contribution in [-0.4, -0.2) is 31.5 Å². The predicted octanol–water partition coefficient (Wildman–Crippen LogP) is 2.68. The number of nitrogen functional groups attached to an aromatic ring is 1. The smallest absolute Gasteiger partial charge is 0.340 e. The lowest BCUT2D eigenvalue weighted by atomic mass is 10.2. The van der Waals surface area contributed by atoms with E-state index in [2.05, 4.69) is 10.6 Å². The van der Waals surface area contributed by atoms with Gasteiger partial charge in [0, 0.05) is 12.6 Å². The van der Waals surface area contributed by atoms with Crippen molar-refractivity contribution in [1.82, 2.24) is 0 Å². The number of esters is 1. The largest absolute Gasteiger partial charge is 0.495 e. The molecule has 0 heterocycles. The Morgan fingerprint density at radius 2 is 1.89 bits per heavy atom. The third-order valence-electron chi connectivity index (χ3n) is 3.40. The van der Waals surface area contributed by atoms with Crippen LogP contribution in [0.3, 0.4) is 0 Å². The fraction of sp³-hybridized carbons (Fsp3) is 0.167. The summed E-state index contributed by atoms with van der Waals surface area (Å²) in [5, 5.41) is 5.37. The molecule has 0 atom stereocenters. The summed E-state index contributed by atoms with van der Waals surface area (Å²) in [5.74, 6) is -1.25. The Hall–Kier alpha value is -3.26. The Morgan fingerprint density at radius 1 is 1.15 bits per heavy atom. The molecule has 0 saturated heterocycles. The molecule has 0 aliphatic rings. The van der Waals surface area contributed by atoms with Gasteiger partial charge in [-0.05, 0) is 30.3 Å². The number of rotatable bonds is 6. The highest BCUT2D eigenvalue weighted by Gasteiger charge is 2.16. The van der Waals surface area contributed by atoms with Crippen molar-refractivity contribution in [2.24, 2.45) is 0 Å². The molecule has 142 valence electrons. The van der Waals surface area contributed by atoms with E-state index in [1.54, 1.807) is 18.2 Å². The van der Waals surface area contributed by atoms with Crippen molar-refractivity contribution >= 4 is 46.4 Å². The number of methoxy groups -OCH3 is 1. The van der Waals surface area contributed by atoms with Gasteiger partial charge >= 0.3 is 5.97 Å². The number of nitrogens with two attached hydrogens (primary N) is 1. The summed E-state index contributed by atoms with van der Waals surface area (Å²) in [5.41, 5.74) is 6.66. The summed E-state index contributed by atoms with van der Waals surface area (Å²) in [6.45, 7) is 0.821. The second-order valence-corrected chi connectivity index (χ2v) is 5.83. The number of anilines is 3. The zero-order valence-corrected chi connectivity index (χ0v) is 15.4. The van der Waals surface area contributed by atoms with E-state index >= 15 is 0 Å². The van der Waals surface area contributed by atoms with E-state index in [9.17, 15) is 14.4 Å². The molecule has 0 aliphatic carbocycles. The van der Waals surface area contributed by atoms with Gasteiger partial charge in [-0.25, -0.2) is 4.79 Å². The van der Waals surface area contributed by atoms with Gasteiger partial charge in [0.25, 0.3) is 5.91 Å². The number of para-hydroxylation sites is 1. The molecular formula is C18H18ClN3O5. The van der Waals surface area contributed by atoms with Gasteiger partial charge in [-0.2, -0.15) is 0 Å². The van der Waals surface area contributed by atoms with E-state index in [0.717, 1.165) is 0 Å². The summed E-state index contributed by atoms with van der Waals surface area (Å²) in [7, 11) is 1.44. The topological polar surface area (TPSA) is 120 Å². The molecule has 2 aromatic carbocycles. The van der Waals surface area contributed by atoms with Crippen LogP contribution in [0.5, 0.6) is 5.75 Å². The summed E-state index contributed by atoms with van der Waals surface area (Å²) < 4.78 is 10.1. The second kappa shape index (κ2) is 8.91. The van der Waals surface area contributed by atoms with Crippen molar-refractivity contribution in [2.75, 3.05) is 30.1 Å². The molecule has 2 amide bonds. The molecule has 8 nitrogen and oxygen atoms in total. The van der Waals surface area contributed by atoms with Crippen LogP contribution < -0.4 is 21.1 Å². The van der Waals surface area contributed by atoms with Crippen molar-refractivity contribution in [3.05, 3.63) is 47.0 Å². The maximum absolute atomic E-state index is 12.1. The molecule has 0 aliphatic heterocycles. The molecular weight excluding hydrogens is 374 g/mol. The number of hydrogen-bond donors (Lipinski definition) is 3. The van der Waals surface area contributed by atoms with Crippen LogP contribution >= 0.6 is 11.6 Å². The first-order valence-electron chi connectivity index (χ1n) is 7.78. The molecule has 27 heavy (non-hydrogen) atoms. The number of ether oxygens (including phenoxy) is 2. The lowest BCUT2D eigenvalue weighted by Gasteiger charge is -2.13. The second-order valence-electron chi connectivity index (χ2n) is 5.42. The third-order valence-corrected chi connectivity index (χ3v) is 3.73. The highest BCUT2D eigenvalue weighted by atomic mass is 35.5. The van der Waals surface area contributed by atoms with Crippen LogP contribution in [0.25, 0.3) is 0 Å². The fourth-order valence-corrected chi connectivity index (χ4v) is 2.37. The van der Waals surface area contributed by atoms with Crippen LogP contribution in [0.15, 0.2) is 36.4 Å². The monoisotopic (exact) mass is 391 g/mol. The Labute approximate surface area is 160 Å². The van der Waals surface area contributed by atoms with Crippen LogP contribution in [-0.2, 0) is 14.3 Å². The van der Waals surface area contributed by atoms with Crippen molar-refractivity contribution in [1.29, 1.82) is 0 Å². The normalized spacial score (nSPS) is 10.0. The van der Waals surface area contributed by atoms with Crippen LogP contribution in [0.2, 0.25) is 5.02 Å². The van der Waals surface area contributed by atoms with E-state index in [1.165, 1.54) is 32.2 Å². The maximum Gasteiger partial charge on any atom is 0.340 e. The molecule has 9 heteroatoms. The summed E-state index contributed by atoms with van der Waals surface area (Å²) in [6.07, 6.45) is 0. The van der Waals surface area contributed by atoms with Crippen LogP contribution in [0, 0.1) is 0 Å². The van der Waals surface area contributed by atoms with Gasteiger partial charge in [0.2, 0.25) is 5.91 Å². The minimum absolute atomic E-state index is 0.0699. The van der Waals surface area contributed by atoms with Gasteiger partial charge in [-0.3, -0.25) is 9.59 Å². The SMILES string of the molecule is COc1ccc(NC(C)=O)cc1NC(=O)COC(=O)c1cccc(Cl)c1N. The number of hydrogen-bond acceptors (Lipinski definition) is 6. The summed E-state index contributed by atoms with van der Waals surface area (Å²) in [6, 6.07) is 9.26. The molecule has 4 N–H and O–H groups in total.